The number of nitrogens with one attached hydrogen (secondary N) is 2. The summed E-state index contributed by atoms with van der Waals surface area (Å²) in [6.07, 6.45) is -2.36. The van der Waals surface area contributed by atoms with Crippen molar-refractivity contribution in [3.05, 3.63) is 112 Å². The van der Waals surface area contributed by atoms with E-state index in [4.69, 9.17) is 4.42 Å². The third kappa shape index (κ3) is 5.32. The van der Waals surface area contributed by atoms with Crippen molar-refractivity contribution in [2.45, 2.75) is 18.6 Å². The van der Waals surface area contributed by atoms with Gasteiger partial charge in [0.05, 0.1) is 34.1 Å². The van der Waals surface area contributed by atoms with Gasteiger partial charge in [0.25, 0.3) is 5.91 Å². The maximum absolute atomic E-state index is 14.5. The molecule has 1 atom stereocenters. The number of aromatic nitrogens is 4. The summed E-state index contributed by atoms with van der Waals surface area (Å²) in [6, 6.07) is 11.1. The summed E-state index contributed by atoms with van der Waals surface area (Å²) in [5.74, 6) is -3.56. The molecule has 0 radical (unpaired) electrons. The lowest BCUT2D eigenvalue weighted by atomic mass is 9.87. The molecule has 1 aliphatic rings. The topological polar surface area (TPSA) is 134 Å². The number of nitrogens with zero attached hydrogens (tertiary/aromatic N) is 3. The second kappa shape index (κ2) is 10.9. The van der Waals surface area contributed by atoms with Gasteiger partial charge in [-0.2, -0.15) is 18.3 Å². The molecule has 14 heteroatoms. The van der Waals surface area contributed by atoms with Crippen molar-refractivity contribution in [3.8, 4) is 22.6 Å². The molecule has 0 fully saturated rings. The van der Waals surface area contributed by atoms with E-state index in [1.54, 1.807) is 0 Å². The molecule has 1 amide bonds. The normalized spacial score (nSPS) is 14.9. The summed E-state index contributed by atoms with van der Waals surface area (Å²) >= 11 is 0. The number of amides is 1. The van der Waals surface area contributed by atoms with Crippen LogP contribution in [0.25, 0.3) is 34.7 Å². The fourth-order valence-electron chi connectivity index (χ4n) is 4.99. The molecule has 3 aromatic carbocycles. The van der Waals surface area contributed by atoms with Gasteiger partial charge < -0.3 is 14.8 Å². The van der Waals surface area contributed by atoms with Crippen LogP contribution in [-0.4, -0.2) is 37.4 Å². The van der Waals surface area contributed by atoms with E-state index < -0.39 is 58.8 Å². The van der Waals surface area contributed by atoms with Gasteiger partial charge in [0.1, 0.15) is 11.6 Å². The Labute approximate surface area is 244 Å². The summed E-state index contributed by atoms with van der Waals surface area (Å²) in [4.78, 5) is 24.3. The number of aromatic amines is 1. The van der Waals surface area contributed by atoms with Crippen molar-refractivity contribution >= 4 is 24.0 Å². The third-order valence-electron chi connectivity index (χ3n) is 7.01. The Balaban J connectivity index is 1.41. The minimum absolute atomic E-state index is 0.0136. The first kappa shape index (κ1) is 28.5. The summed E-state index contributed by atoms with van der Waals surface area (Å²) in [5.41, 5.74) is -0.666. The predicted molar refractivity (Wildman–Crippen MR) is 145 cm³/mol. The molecule has 1 unspecified atom stereocenters. The number of aromatic carboxylic acids is 1. The molecular weight excluding hydrogens is 589 g/mol. The monoisotopic (exact) mass is 607 g/mol. The Bertz CT molecular complexity index is 1930. The summed E-state index contributed by atoms with van der Waals surface area (Å²) < 4.78 is 74.9. The van der Waals surface area contributed by atoms with Crippen LogP contribution in [0, 0.1) is 11.6 Å². The Morgan fingerprint density at radius 3 is 2.32 bits per heavy atom. The van der Waals surface area contributed by atoms with E-state index in [1.807, 2.05) is 0 Å². The van der Waals surface area contributed by atoms with Gasteiger partial charge in [-0.3, -0.25) is 9.89 Å². The average molecular weight is 607 g/mol. The summed E-state index contributed by atoms with van der Waals surface area (Å²) in [5, 5.41) is 26.8. The molecule has 0 spiro atoms. The molecule has 2 aromatic heterocycles. The van der Waals surface area contributed by atoms with Gasteiger partial charge in [-0.15, -0.1) is 10.2 Å². The highest BCUT2D eigenvalue weighted by Gasteiger charge is 2.40. The van der Waals surface area contributed by atoms with E-state index in [2.05, 4.69) is 25.7 Å². The van der Waals surface area contributed by atoms with Gasteiger partial charge in [-0.05, 0) is 72.2 Å². The molecular formula is C30H18F5N5O4. The standard InChI is InChI=1S/C30H18F5N5O4/c31-17-7-5-15(6-8-17)28-40-38-23(44-28)12-11-21-24(14-1-3-16(4-2-14)29(42)43)26(39-37-21)22-13-18-19(30(33,34)35)9-10-20(32)25(18)27(41)36-22/h1-12,22H,13H2,(H,36,41)(H,37,39)(H,42,43)/b12-11+. The summed E-state index contributed by atoms with van der Waals surface area (Å²) in [6.45, 7) is 0. The van der Waals surface area contributed by atoms with Crippen molar-refractivity contribution in [2.24, 2.45) is 0 Å². The number of carbonyl (C=O) groups excluding carboxylic acids is 1. The first-order valence-corrected chi connectivity index (χ1v) is 12.9. The van der Waals surface area contributed by atoms with E-state index in [9.17, 15) is 36.6 Å². The molecule has 5 aromatic rings. The van der Waals surface area contributed by atoms with Crippen LogP contribution in [0.15, 0.2) is 65.1 Å². The maximum Gasteiger partial charge on any atom is 0.416 e. The molecule has 1 aliphatic heterocycles. The van der Waals surface area contributed by atoms with Crippen LogP contribution in [0.2, 0.25) is 0 Å². The number of fused-ring (bicyclic) bond motifs is 1. The Kier molecular flexibility index (Phi) is 7.03. The van der Waals surface area contributed by atoms with E-state index >= 15 is 0 Å². The Morgan fingerprint density at radius 1 is 0.932 bits per heavy atom. The highest BCUT2D eigenvalue weighted by atomic mass is 19.4. The zero-order valence-corrected chi connectivity index (χ0v) is 22.1. The molecule has 6 rings (SSSR count). The van der Waals surface area contributed by atoms with Gasteiger partial charge in [0.2, 0.25) is 11.8 Å². The lowest BCUT2D eigenvalue weighted by Crippen LogP contribution is -2.38. The largest absolute Gasteiger partial charge is 0.478 e. The number of carbonyl (C=O) groups is 2. The van der Waals surface area contributed by atoms with Gasteiger partial charge in [-0.1, -0.05) is 12.1 Å². The van der Waals surface area contributed by atoms with Crippen molar-refractivity contribution < 1.29 is 41.1 Å². The fraction of sp³-hybridized carbons (Fsp3) is 0.100. The lowest BCUT2D eigenvalue weighted by molar-refractivity contribution is -0.138. The number of halogens is 5. The van der Waals surface area contributed by atoms with Crippen molar-refractivity contribution in [3.63, 3.8) is 0 Å². The fourth-order valence-corrected chi connectivity index (χ4v) is 4.99. The molecule has 222 valence electrons. The quantitative estimate of drug-likeness (QED) is 0.192. The highest BCUT2D eigenvalue weighted by molar-refractivity contribution is 5.98. The van der Waals surface area contributed by atoms with Gasteiger partial charge in [0.15, 0.2) is 0 Å². The number of benzene rings is 3. The molecule has 0 saturated heterocycles. The third-order valence-corrected chi connectivity index (χ3v) is 7.01. The number of carboxylic acid groups (broad SMARTS) is 1. The van der Waals surface area contributed by atoms with Crippen LogP contribution in [0.1, 0.15) is 55.2 Å². The van der Waals surface area contributed by atoms with E-state index in [1.165, 1.54) is 60.7 Å². The van der Waals surface area contributed by atoms with Crippen LogP contribution in [-0.2, 0) is 12.6 Å². The average Bonchev–Trinajstić information content (AvgIpc) is 3.63. The second-order valence-electron chi connectivity index (χ2n) is 9.74. The highest BCUT2D eigenvalue weighted by Crippen LogP contribution is 2.40. The van der Waals surface area contributed by atoms with Gasteiger partial charge in [0, 0.05) is 17.2 Å². The van der Waals surface area contributed by atoms with Gasteiger partial charge in [-0.25, -0.2) is 13.6 Å². The smallest absolute Gasteiger partial charge is 0.416 e. The first-order valence-electron chi connectivity index (χ1n) is 12.9. The predicted octanol–water partition coefficient (Wildman–Crippen LogP) is 6.32. The zero-order chi connectivity index (χ0) is 31.2. The molecule has 0 bridgehead atoms. The molecule has 44 heavy (non-hydrogen) atoms. The maximum atomic E-state index is 14.5. The molecule has 0 saturated carbocycles. The van der Waals surface area contributed by atoms with E-state index in [0.29, 0.717) is 28.8 Å². The SMILES string of the molecule is O=C(O)c1ccc(-c2c(/C=C/c3nnc(-c4ccc(F)cc4)o3)n[nH]c2C2Cc3c(C(F)(F)F)ccc(F)c3C(=O)N2)cc1. The molecule has 3 N–H and O–H groups in total. The minimum atomic E-state index is -4.84. The second-order valence-corrected chi connectivity index (χ2v) is 9.74. The number of carboxylic acids is 1. The first-order chi connectivity index (χ1) is 21.0. The van der Waals surface area contributed by atoms with Crippen LogP contribution < -0.4 is 5.32 Å². The van der Waals surface area contributed by atoms with E-state index in [-0.39, 0.29) is 28.7 Å². The number of hydrogen-bond donors (Lipinski definition) is 3. The zero-order valence-electron chi connectivity index (χ0n) is 22.1. The number of alkyl halides is 3. The molecule has 0 aliphatic carbocycles. The molecule has 9 nitrogen and oxygen atoms in total. The van der Waals surface area contributed by atoms with Crippen molar-refractivity contribution in [1.29, 1.82) is 0 Å². The van der Waals surface area contributed by atoms with Crippen molar-refractivity contribution in [1.82, 2.24) is 25.7 Å². The lowest BCUT2D eigenvalue weighted by Gasteiger charge is -2.28. The van der Waals surface area contributed by atoms with Crippen LogP contribution >= 0.6 is 0 Å². The summed E-state index contributed by atoms with van der Waals surface area (Å²) in [7, 11) is 0. The van der Waals surface area contributed by atoms with Crippen LogP contribution in [0.3, 0.4) is 0 Å². The van der Waals surface area contributed by atoms with Crippen molar-refractivity contribution in [2.75, 3.05) is 0 Å². The number of hydrogen-bond acceptors (Lipinski definition) is 6. The molecule has 3 heterocycles. The number of rotatable bonds is 6. The van der Waals surface area contributed by atoms with Gasteiger partial charge >= 0.3 is 12.1 Å². The number of H-pyrrole nitrogens is 1. The van der Waals surface area contributed by atoms with Crippen LogP contribution in [0.5, 0.6) is 0 Å². The minimum Gasteiger partial charge on any atom is -0.478 e. The van der Waals surface area contributed by atoms with Crippen LogP contribution in [0.4, 0.5) is 22.0 Å². The Morgan fingerprint density at radius 2 is 1.64 bits per heavy atom. The van der Waals surface area contributed by atoms with E-state index in [0.717, 1.165) is 0 Å². The Hall–Kier alpha value is -5.66.